The first kappa shape index (κ1) is 23.4. The summed E-state index contributed by atoms with van der Waals surface area (Å²) in [4.78, 5) is 35.2. The highest BCUT2D eigenvalue weighted by atomic mass is 35.5. The van der Waals surface area contributed by atoms with E-state index in [4.69, 9.17) is 11.6 Å². The molecule has 0 spiro atoms. The Labute approximate surface area is 210 Å². The van der Waals surface area contributed by atoms with Crippen LogP contribution in [0.25, 0.3) is 10.8 Å². The molecule has 0 unspecified atom stereocenters. The summed E-state index contributed by atoms with van der Waals surface area (Å²) in [6, 6.07) is 12.5. The molecule has 3 heterocycles. The highest BCUT2D eigenvalue weighted by Crippen LogP contribution is 2.37. The fourth-order valence-corrected chi connectivity index (χ4v) is 6.52. The Kier molecular flexibility index (Phi) is 6.19. The molecule has 0 atom stereocenters. The van der Waals surface area contributed by atoms with Gasteiger partial charge in [-0.1, -0.05) is 23.7 Å². The first-order valence-electron chi connectivity index (χ1n) is 11.8. The standard InChI is InChI=1S/C26H31ClN4O2S/c1-26(2,34-22-7-5-18-12-20(27)6-4-19(18)13-22)14-24(32)29-10-8-21(9-11-29)31-17-30-16-28(3)15-23(30)25(31)33/h4-7,12-13,15,21H,8-11,14,16-17H2,1-3H3. The average Bonchev–Trinajstić information content (AvgIpc) is 3.30. The summed E-state index contributed by atoms with van der Waals surface area (Å²) in [6.07, 6.45) is 4.10. The molecule has 0 aliphatic carbocycles. The number of thioether (sulfide) groups is 1. The second-order valence-electron chi connectivity index (χ2n) is 10.2. The van der Waals surface area contributed by atoms with Crippen molar-refractivity contribution in [2.75, 3.05) is 33.5 Å². The van der Waals surface area contributed by atoms with E-state index in [9.17, 15) is 9.59 Å². The summed E-state index contributed by atoms with van der Waals surface area (Å²) in [5, 5.41) is 3.01. The number of hydrogen-bond acceptors (Lipinski definition) is 5. The van der Waals surface area contributed by atoms with Gasteiger partial charge in [0.2, 0.25) is 5.91 Å². The Morgan fingerprint density at radius 3 is 2.53 bits per heavy atom. The maximum atomic E-state index is 13.1. The number of benzene rings is 2. The quantitative estimate of drug-likeness (QED) is 0.564. The van der Waals surface area contributed by atoms with Crippen LogP contribution in [0.3, 0.4) is 0 Å². The van der Waals surface area contributed by atoms with Gasteiger partial charge in [0.05, 0.1) is 13.3 Å². The monoisotopic (exact) mass is 498 g/mol. The molecule has 2 amide bonds. The number of likely N-dealkylation sites (tertiary alicyclic amines) is 1. The van der Waals surface area contributed by atoms with Crippen molar-refractivity contribution in [3.8, 4) is 0 Å². The smallest absolute Gasteiger partial charge is 0.273 e. The zero-order chi connectivity index (χ0) is 24.0. The predicted octanol–water partition coefficient (Wildman–Crippen LogP) is 4.59. The SMILES string of the molecule is CN1C=C2C(=O)N(C3CCN(C(=O)CC(C)(C)Sc4ccc5cc(Cl)ccc5c4)CC3)CN2C1. The van der Waals surface area contributed by atoms with E-state index in [1.54, 1.807) is 11.8 Å². The van der Waals surface area contributed by atoms with E-state index in [-0.39, 0.29) is 22.6 Å². The lowest BCUT2D eigenvalue weighted by Crippen LogP contribution is -2.48. The number of fused-ring (bicyclic) bond motifs is 2. The third-order valence-corrected chi connectivity index (χ3v) is 8.30. The molecule has 180 valence electrons. The van der Waals surface area contributed by atoms with Crippen molar-refractivity contribution in [3.63, 3.8) is 0 Å². The fourth-order valence-electron chi connectivity index (χ4n) is 5.18. The maximum Gasteiger partial charge on any atom is 0.273 e. The molecule has 0 N–H and O–H groups in total. The van der Waals surface area contributed by atoms with Crippen LogP contribution in [0.15, 0.2) is 53.2 Å². The number of carbonyl (C=O) groups is 2. The molecule has 6 nitrogen and oxygen atoms in total. The first-order valence-corrected chi connectivity index (χ1v) is 13.0. The second kappa shape index (κ2) is 9.00. The molecule has 2 aromatic rings. The number of halogens is 1. The Bertz CT molecular complexity index is 1160. The van der Waals surface area contributed by atoms with Gasteiger partial charge in [-0.05, 0) is 61.7 Å². The van der Waals surface area contributed by atoms with Gasteiger partial charge in [-0.25, -0.2) is 0 Å². The average molecular weight is 499 g/mol. The third kappa shape index (κ3) is 4.73. The number of carbonyl (C=O) groups excluding carboxylic acids is 2. The summed E-state index contributed by atoms with van der Waals surface area (Å²) in [6.45, 7) is 7.12. The van der Waals surface area contributed by atoms with Crippen LogP contribution >= 0.6 is 23.4 Å². The van der Waals surface area contributed by atoms with Gasteiger partial charge in [0.15, 0.2) is 0 Å². The molecule has 2 saturated heterocycles. The van der Waals surface area contributed by atoms with Gasteiger partial charge in [-0.2, -0.15) is 0 Å². The topological polar surface area (TPSA) is 47.1 Å². The molecule has 0 bridgehead atoms. The molecule has 2 aromatic carbocycles. The van der Waals surface area contributed by atoms with Gasteiger partial charge in [0.25, 0.3) is 5.91 Å². The minimum atomic E-state index is -0.220. The van der Waals surface area contributed by atoms with Crippen molar-refractivity contribution in [1.29, 1.82) is 0 Å². The molecular formula is C26H31ClN4O2S. The zero-order valence-corrected chi connectivity index (χ0v) is 21.5. The minimum absolute atomic E-state index is 0.129. The lowest BCUT2D eigenvalue weighted by molar-refractivity contribution is -0.134. The van der Waals surface area contributed by atoms with Gasteiger partial charge in [-0.15, -0.1) is 11.8 Å². The summed E-state index contributed by atoms with van der Waals surface area (Å²) in [5.74, 6) is 0.325. The van der Waals surface area contributed by atoms with Crippen molar-refractivity contribution in [1.82, 2.24) is 19.6 Å². The minimum Gasteiger partial charge on any atom is -0.361 e. The van der Waals surface area contributed by atoms with Gasteiger partial charge < -0.3 is 19.6 Å². The number of nitrogens with zero attached hydrogens (tertiary/aromatic N) is 4. The number of hydrogen-bond donors (Lipinski definition) is 0. The van der Waals surface area contributed by atoms with Crippen molar-refractivity contribution < 1.29 is 9.59 Å². The largest absolute Gasteiger partial charge is 0.361 e. The Balaban J connectivity index is 1.15. The van der Waals surface area contributed by atoms with Crippen LogP contribution in [-0.4, -0.2) is 75.7 Å². The van der Waals surface area contributed by atoms with E-state index in [0.29, 0.717) is 26.2 Å². The summed E-state index contributed by atoms with van der Waals surface area (Å²) in [5.41, 5.74) is 0.802. The molecule has 0 saturated carbocycles. The highest BCUT2D eigenvalue weighted by molar-refractivity contribution is 8.00. The maximum absolute atomic E-state index is 13.1. The Hall–Kier alpha value is -2.38. The van der Waals surface area contributed by atoms with E-state index >= 15 is 0 Å². The lowest BCUT2D eigenvalue weighted by Gasteiger charge is -2.37. The van der Waals surface area contributed by atoms with Crippen LogP contribution in [0.2, 0.25) is 5.02 Å². The summed E-state index contributed by atoms with van der Waals surface area (Å²) >= 11 is 7.84. The molecule has 5 rings (SSSR count). The molecule has 2 fully saturated rings. The van der Waals surface area contributed by atoms with E-state index in [1.807, 2.05) is 46.1 Å². The van der Waals surface area contributed by atoms with Crippen molar-refractivity contribution in [2.45, 2.75) is 48.8 Å². The molecular weight excluding hydrogens is 468 g/mol. The Morgan fingerprint density at radius 2 is 1.79 bits per heavy atom. The zero-order valence-electron chi connectivity index (χ0n) is 20.0. The molecule has 3 aliphatic heterocycles. The molecule has 0 radical (unpaired) electrons. The number of rotatable bonds is 5. The van der Waals surface area contributed by atoms with Gasteiger partial charge in [-0.3, -0.25) is 9.59 Å². The van der Waals surface area contributed by atoms with Gasteiger partial charge >= 0.3 is 0 Å². The van der Waals surface area contributed by atoms with E-state index in [1.165, 1.54) is 0 Å². The van der Waals surface area contributed by atoms with Crippen LogP contribution in [0, 0.1) is 0 Å². The second-order valence-corrected chi connectivity index (χ2v) is 12.4. The van der Waals surface area contributed by atoms with E-state index in [2.05, 4.69) is 36.9 Å². The van der Waals surface area contributed by atoms with Crippen molar-refractivity contribution in [3.05, 3.63) is 53.3 Å². The fraction of sp³-hybridized carbons (Fsp3) is 0.462. The van der Waals surface area contributed by atoms with Crippen molar-refractivity contribution in [2.24, 2.45) is 0 Å². The van der Waals surface area contributed by atoms with E-state index < -0.39 is 0 Å². The van der Waals surface area contributed by atoms with Crippen molar-refractivity contribution >= 4 is 45.9 Å². The molecule has 0 aromatic heterocycles. The molecule has 34 heavy (non-hydrogen) atoms. The van der Waals surface area contributed by atoms with Crippen LogP contribution in [0.5, 0.6) is 0 Å². The van der Waals surface area contributed by atoms with Crippen LogP contribution in [0.1, 0.15) is 33.1 Å². The predicted molar refractivity (Wildman–Crippen MR) is 137 cm³/mol. The highest BCUT2D eigenvalue weighted by Gasteiger charge is 2.41. The number of amides is 2. The molecule has 3 aliphatic rings. The lowest BCUT2D eigenvalue weighted by atomic mass is 10.0. The summed E-state index contributed by atoms with van der Waals surface area (Å²) in [7, 11) is 1.99. The third-order valence-electron chi connectivity index (χ3n) is 6.88. The number of piperidine rings is 1. The Morgan fingerprint density at radius 1 is 1.09 bits per heavy atom. The normalized spacial score (nSPS) is 19.3. The van der Waals surface area contributed by atoms with Gasteiger partial charge in [0, 0.05) is 53.5 Å². The molecule has 8 heteroatoms. The first-order chi connectivity index (χ1) is 16.2. The van der Waals surface area contributed by atoms with Crippen LogP contribution < -0.4 is 0 Å². The van der Waals surface area contributed by atoms with E-state index in [0.717, 1.165) is 45.9 Å². The summed E-state index contributed by atoms with van der Waals surface area (Å²) < 4.78 is -0.220. The van der Waals surface area contributed by atoms with Gasteiger partial charge in [0.1, 0.15) is 5.70 Å². The van der Waals surface area contributed by atoms with Crippen LogP contribution in [-0.2, 0) is 9.59 Å². The van der Waals surface area contributed by atoms with Crippen LogP contribution in [0.4, 0.5) is 0 Å².